The number of carbonyl (C=O) groups excluding carboxylic acids is 2. The maximum Gasteiger partial charge on any atom is 0.407 e. The van der Waals surface area contributed by atoms with E-state index in [0.29, 0.717) is 13.0 Å². The highest BCUT2D eigenvalue weighted by molar-refractivity contribution is 5.79. The summed E-state index contributed by atoms with van der Waals surface area (Å²) in [5.74, 6) is -1.90. The summed E-state index contributed by atoms with van der Waals surface area (Å²) in [6, 6.07) is 16.2. The Morgan fingerprint density at radius 1 is 0.943 bits per heavy atom. The number of carbonyl (C=O) groups is 3. The molecule has 3 N–H and O–H groups in total. The third-order valence-electron chi connectivity index (χ3n) is 6.17. The van der Waals surface area contributed by atoms with Crippen LogP contribution in [0.15, 0.2) is 48.5 Å². The van der Waals surface area contributed by atoms with Crippen molar-refractivity contribution in [1.82, 2.24) is 10.6 Å². The summed E-state index contributed by atoms with van der Waals surface area (Å²) >= 11 is 0. The van der Waals surface area contributed by atoms with E-state index in [0.717, 1.165) is 28.7 Å². The standard InChI is InChI=1S/C27H34N2O6/c1-3-9-18(26(31)32)15-28-25(30)14-19(34-4-2)16-29-27(33)35-17-24-22-12-7-5-10-20(22)21-11-6-8-13-23(21)24/h5-8,10-13,18-19,24H,3-4,9,14-17H2,1-2H3,(H,28,30)(H,29,33)(H,31,32). The molecule has 2 amide bonds. The summed E-state index contributed by atoms with van der Waals surface area (Å²) in [7, 11) is 0. The third-order valence-corrected chi connectivity index (χ3v) is 6.17. The molecule has 8 nitrogen and oxygen atoms in total. The monoisotopic (exact) mass is 482 g/mol. The van der Waals surface area contributed by atoms with Crippen LogP contribution in [0.2, 0.25) is 0 Å². The van der Waals surface area contributed by atoms with E-state index in [9.17, 15) is 19.5 Å². The molecule has 2 atom stereocenters. The van der Waals surface area contributed by atoms with Gasteiger partial charge in [-0.2, -0.15) is 0 Å². The molecule has 0 saturated heterocycles. The summed E-state index contributed by atoms with van der Waals surface area (Å²) in [4.78, 5) is 36.0. The molecule has 188 valence electrons. The SMILES string of the molecule is CCCC(CNC(=O)CC(CNC(=O)OCC1c2ccccc2-c2ccccc21)OCC)C(=O)O. The summed E-state index contributed by atoms with van der Waals surface area (Å²) in [6.45, 7) is 4.46. The second-order valence-electron chi connectivity index (χ2n) is 8.62. The summed E-state index contributed by atoms with van der Waals surface area (Å²) in [5.41, 5.74) is 4.58. The van der Waals surface area contributed by atoms with Crippen molar-refractivity contribution in [3.8, 4) is 11.1 Å². The lowest BCUT2D eigenvalue weighted by molar-refractivity contribution is -0.142. The van der Waals surface area contributed by atoms with Crippen LogP contribution in [0, 0.1) is 5.92 Å². The lowest BCUT2D eigenvalue weighted by atomic mass is 9.98. The van der Waals surface area contributed by atoms with E-state index in [-0.39, 0.29) is 37.9 Å². The molecule has 35 heavy (non-hydrogen) atoms. The quantitative estimate of drug-likeness (QED) is 0.399. The number of hydrogen-bond acceptors (Lipinski definition) is 5. The highest BCUT2D eigenvalue weighted by atomic mass is 16.5. The number of hydrogen-bond donors (Lipinski definition) is 3. The molecule has 1 aliphatic rings. The Kier molecular flexibility index (Phi) is 9.66. The number of alkyl carbamates (subject to hydrolysis) is 1. The van der Waals surface area contributed by atoms with Crippen LogP contribution in [0.25, 0.3) is 11.1 Å². The van der Waals surface area contributed by atoms with Crippen LogP contribution >= 0.6 is 0 Å². The molecule has 0 aromatic heterocycles. The Hall–Kier alpha value is -3.39. The highest BCUT2D eigenvalue weighted by Gasteiger charge is 2.29. The fraction of sp³-hybridized carbons (Fsp3) is 0.444. The van der Waals surface area contributed by atoms with Crippen LogP contribution in [0.4, 0.5) is 4.79 Å². The normalized spacial score (nSPS) is 13.9. The van der Waals surface area contributed by atoms with E-state index in [1.807, 2.05) is 31.2 Å². The van der Waals surface area contributed by atoms with Gasteiger partial charge in [0.15, 0.2) is 0 Å². The van der Waals surface area contributed by atoms with Crippen LogP contribution in [0.3, 0.4) is 0 Å². The van der Waals surface area contributed by atoms with Crippen molar-refractivity contribution in [3.63, 3.8) is 0 Å². The average Bonchev–Trinajstić information content (AvgIpc) is 3.17. The number of benzene rings is 2. The van der Waals surface area contributed by atoms with E-state index < -0.39 is 24.1 Å². The van der Waals surface area contributed by atoms with Gasteiger partial charge in [-0.05, 0) is 35.6 Å². The Morgan fingerprint density at radius 3 is 2.14 bits per heavy atom. The first-order chi connectivity index (χ1) is 16.9. The second kappa shape index (κ2) is 12.9. The smallest absolute Gasteiger partial charge is 0.407 e. The summed E-state index contributed by atoms with van der Waals surface area (Å²) < 4.78 is 11.1. The number of fused-ring (bicyclic) bond motifs is 3. The van der Waals surface area contributed by atoms with Gasteiger partial charge in [0.2, 0.25) is 5.91 Å². The van der Waals surface area contributed by atoms with Crippen molar-refractivity contribution in [2.75, 3.05) is 26.3 Å². The van der Waals surface area contributed by atoms with Gasteiger partial charge in [0.25, 0.3) is 0 Å². The molecule has 2 aromatic rings. The highest BCUT2D eigenvalue weighted by Crippen LogP contribution is 2.44. The molecule has 0 fully saturated rings. The van der Waals surface area contributed by atoms with E-state index >= 15 is 0 Å². The van der Waals surface area contributed by atoms with Crippen molar-refractivity contribution >= 4 is 18.0 Å². The number of carboxylic acid groups (broad SMARTS) is 1. The van der Waals surface area contributed by atoms with Crippen LogP contribution in [0.5, 0.6) is 0 Å². The molecule has 1 aliphatic carbocycles. The van der Waals surface area contributed by atoms with Gasteiger partial charge in [0.1, 0.15) is 6.61 Å². The predicted octanol–water partition coefficient (Wildman–Crippen LogP) is 3.94. The van der Waals surface area contributed by atoms with E-state index in [4.69, 9.17) is 9.47 Å². The zero-order valence-corrected chi connectivity index (χ0v) is 20.3. The molecule has 0 spiro atoms. The van der Waals surface area contributed by atoms with Crippen molar-refractivity contribution in [2.45, 2.75) is 45.1 Å². The molecule has 2 aromatic carbocycles. The first-order valence-electron chi connectivity index (χ1n) is 12.1. The molecule has 2 unspecified atom stereocenters. The lowest BCUT2D eigenvalue weighted by Gasteiger charge is -2.19. The second-order valence-corrected chi connectivity index (χ2v) is 8.62. The average molecular weight is 483 g/mol. The zero-order valence-electron chi connectivity index (χ0n) is 20.3. The summed E-state index contributed by atoms with van der Waals surface area (Å²) in [5, 5.41) is 14.6. The number of aliphatic carboxylic acids is 1. The number of rotatable bonds is 13. The number of nitrogens with one attached hydrogen (secondary N) is 2. The van der Waals surface area contributed by atoms with Crippen molar-refractivity contribution < 1.29 is 29.0 Å². The van der Waals surface area contributed by atoms with Gasteiger partial charge < -0.3 is 25.2 Å². The summed E-state index contributed by atoms with van der Waals surface area (Å²) in [6.07, 6.45) is 0.100. The van der Waals surface area contributed by atoms with Gasteiger partial charge in [0, 0.05) is 25.6 Å². The van der Waals surface area contributed by atoms with Gasteiger partial charge in [0.05, 0.1) is 18.4 Å². The molecule has 0 bridgehead atoms. The van der Waals surface area contributed by atoms with Crippen LogP contribution in [-0.2, 0) is 19.1 Å². The van der Waals surface area contributed by atoms with E-state index in [1.165, 1.54) is 0 Å². The van der Waals surface area contributed by atoms with Crippen LogP contribution in [-0.4, -0.2) is 55.5 Å². The zero-order chi connectivity index (χ0) is 25.2. The van der Waals surface area contributed by atoms with Crippen molar-refractivity contribution in [3.05, 3.63) is 59.7 Å². The van der Waals surface area contributed by atoms with Gasteiger partial charge >= 0.3 is 12.1 Å². The molecule has 0 aliphatic heterocycles. The first kappa shape index (κ1) is 26.2. The molecule has 0 radical (unpaired) electrons. The topological polar surface area (TPSA) is 114 Å². The number of carboxylic acids is 1. The first-order valence-corrected chi connectivity index (χ1v) is 12.1. The molecule has 0 heterocycles. The molecular formula is C27H34N2O6. The van der Waals surface area contributed by atoms with Gasteiger partial charge in [-0.15, -0.1) is 0 Å². The lowest BCUT2D eigenvalue weighted by Crippen LogP contribution is -2.39. The minimum atomic E-state index is -0.926. The molecular weight excluding hydrogens is 448 g/mol. The van der Waals surface area contributed by atoms with Crippen molar-refractivity contribution in [2.24, 2.45) is 5.92 Å². The molecule has 8 heteroatoms. The Labute approximate surface area is 206 Å². The van der Waals surface area contributed by atoms with Gasteiger partial charge in [-0.3, -0.25) is 9.59 Å². The fourth-order valence-electron chi connectivity index (χ4n) is 4.45. The van der Waals surface area contributed by atoms with E-state index in [2.05, 4.69) is 34.9 Å². The Morgan fingerprint density at radius 2 is 1.57 bits per heavy atom. The largest absolute Gasteiger partial charge is 0.481 e. The van der Waals surface area contributed by atoms with Crippen LogP contribution in [0.1, 0.15) is 50.2 Å². The Balaban J connectivity index is 1.48. The Bertz CT molecular complexity index is 979. The van der Waals surface area contributed by atoms with Gasteiger partial charge in [-0.1, -0.05) is 61.9 Å². The molecule has 0 saturated carbocycles. The maximum atomic E-state index is 12.4. The number of ether oxygens (including phenoxy) is 2. The van der Waals surface area contributed by atoms with Crippen LogP contribution < -0.4 is 10.6 Å². The van der Waals surface area contributed by atoms with E-state index in [1.54, 1.807) is 6.92 Å². The van der Waals surface area contributed by atoms with Gasteiger partial charge in [-0.25, -0.2) is 4.79 Å². The minimum Gasteiger partial charge on any atom is -0.481 e. The maximum absolute atomic E-state index is 12.4. The molecule has 3 rings (SSSR count). The number of amides is 2. The third kappa shape index (κ3) is 7.05. The van der Waals surface area contributed by atoms with Crippen molar-refractivity contribution in [1.29, 1.82) is 0 Å². The minimum absolute atomic E-state index is 0.00988. The predicted molar refractivity (Wildman–Crippen MR) is 132 cm³/mol. The fourth-order valence-corrected chi connectivity index (χ4v) is 4.45.